The summed E-state index contributed by atoms with van der Waals surface area (Å²) in [7, 11) is 2.86. The van der Waals surface area contributed by atoms with Crippen LogP contribution in [0.25, 0.3) is 0 Å². The summed E-state index contributed by atoms with van der Waals surface area (Å²) in [4.78, 5) is 28.0. The summed E-state index contributed by atoms with van der Waals surface area (Å²) in [6, 6.07) is 5.06. The molecular weight excluding hydrogens is 412 g/mol. The molecule has 3 aliphatic heterocycles. The van der Waals surface area contributed by atoms with Crippen molar-refractivity contribution in [3.8, 4) is 5.75 Å². The third kappa shape index (κ3) is 2.34. The number of esters is 2. The number of aliphatic hydroxyl groups is 1. The van der Waals surface area contributed by atoms with Crippen molar-refractivity contribution in [2.45, 2.75) is 55.9 Å². The van der Waals surface area contributed by atoms with Crippen LogP contribution in [0.5, 0.6) is 5.75 Å². The van der Waals surface area contributed by atoms with E-state index in [1.165, 1.54) is 14.0 Å². The van der Waals surface area contributed by atoms with Crippen molar-refractivity contribution in [2.75, 3.05) is 32.6 Å². The first kappa shape index (κ1) is 21.3. The molecule has 2 N–H and O–H groups in total. The quantitative estimate of drug-likeness (QED) is 0.536. The van der Waals surface area contributed by atoms with Crippen LogP contribution in [0, 0.1) is 5.41 Å². The van der Waals surface area contributed by atoms with Crippen molar-refractivity contribution in [2.24, 2.45) is 5.41 Å². The number of rotatable bonds is 4. The van der Waals surface area contributed by atoms with Crippen LogP contribution in [0.4, 0.5) is 5.69 Å². The summed E-state index contributed by atoms with van der Waals surface area (Å²) in [6.45, 7) is 4.91. The van der Waals surface area contributed by atoms with E-state index in [9.17, 15) is 14.7 Å². The Balaban J connectivity index is 1.82. The van der Waals surface area contributed by atoms with E-state index in [1.807, 2.05) is 25.1 Å². The van der Waals surface area contributed by atoms with Gasteiger partial charge in [-0.05, 0) is 31.0 Å². The molecule has 2 fully saturated rings. The lowest BCUT2D eigenvalue weighted by Gasteiger charge is -2.62. The van der Waals surface area contributed by atoms with E-state index >= 15 is 0 Å². The zero-order valence-corrected chi connectivity index (χ0v) is 18.9. The second kappa shape index (κ2) is 6.96. The van der Waals surface area contributed by atoms with E-state index < -0.39 is 40.5 Å². The Kier molecular flexibility index (Phi) is 4.63. The number of hydrogen-bond acceptors (Lipinski definition) is 8. The number of carbonyl (C=O) groups is 2. The number of anilines is 1. The normalized spacial score (nSPS) is 38.8. The molecule has 0 radical (unpaired) electrons. The summed E-state index contributed by atoms with van der Waals surface area (Å²) in [5.41, 5.74) is -1.55. The van der Waals surface area contributed by atoms with Gasteiger partial charge in [-0.15, -0.1) is 0 Å². The van der Waals surface area contributed by atoms with E-state index in [1.54, 1.807) is 7.11 Å². The van der Waals surface area contributed by atoms with Gasteiger partial charge in [0.2, 0.25) is 5.60 Å². The van der Waals surface area contributed by atoms with Crippen molar-refractivity contribution in [1.29, 1.82) is 0 Å². The molecule has 1 aliphatic carbocycles. The molecule has 0 amide bonds. The van der Waals surface area contributed by atoms with Crippen molar-refractivity contribution in [1.82, 2.24) is 4.90 Å². The summed E-state index contributed by atoms with van der Waals surface area (Å²) in [5, 5.41) is 15.7. The van der Waals surface area contributed by atoms with E-state index in [0.717, 1.165) is 30.8 Å². The zero-order valence-electron chi connectivity index (χ0n) is 18.9. The Hall–Kier alpha value is -2.58. The van der Waals surface area contributed by atoms with Gasteiger partial charge in [-0.2, -0.15) is 0 Å². The maximum Gasteiger partial charge on any atom is 0.344 e. The highest BCUT2D eigenvalue weighted by atomic mass is 16.6. The molecule has 0 bridgehead atoms. The average molecular weight is 443 g/mol. The molecule has 1 aromatic carbocycles. The Morgan fingerprint density at radius 1 is 1.31 bits per heavy atom. The van der Waals surface area contributed by atoms with Crippen molar-refractivity contribution in [3.05, 3.63) is 35.9 Å². The molecule has 172 valence electrons. The van der Waals surface area contributed by atoms with Crippen molar-refractivity contribution in [3.63, 3.8) is 0 Å². The van der Waals surface area contributed by atoms with Gasteiger partial charge in [0.05, 0.1) is 20.3 Å². The van der Waals surface area contributed by atoms with Gasteiger partial charge < -0.3 is 24.6 Å². The van der Waals surface area contributed by atoms with Crippen LogP contribution in [0.15, 0.2) is 30.4 Å². The first-order valence-corrected chi connectivity index (χ1v) is 11.1. The van der Waals surface area contributed by atoms with Crippen molar-refractivity contribution >= 4 is 17.6 Å². The zero-order chi connectivity index (χ0) is 22.9. The molecule has 8 nitrogen and oxygen atoms in total. The fourth-order valence-corrected chi connectivity index (χ4v) is 7.18. The highest BCUT2D eigenvalue weighted by Crippen LogP contribution is 2.66. The second-order valence-corrected chi connectivity index (χ2v) is 9.35. The number of benzene rings is 1. The van der Waals surface area contributed by atoms with Gasteiger partial charge in [-0.25, -0.2) is 4.79 Å². The molecule has 1 aromatic rings. The molecule has 1 saturated carbocycles. The van der Waals surface area contributed by atoms with Gasteiger partial charge in [0.1, 0.15) is 5.75 Å². The molecule has 8 heteroatoms. The lowest BCUT2D eigenvalue weighted by molar-refractivity contribution is -0.226. The third-order valence-corrected chi connectivity index (χ3v) is 8.22. The van der Waals surface area contributed by atoms with E-state index in [2.05, 4.69) is 22.4 Å². The predicted octanol–water partition coefficient (Wildman–Crippen LogP) is 1.62. The molecule has 5 rings (SSSR count). The largest absolute Gasteiger partial charge is 0.497 e. The number of fused-ring (bicyclic) bond motifs is 1. The summed E-state index contributed by atoms with van der Waals surface area (Å²) < 4.78 is 16.4. The monoisotopic (exact) mass is 442 g/mol. The lowest BCUT2D eigenvalue weighted by Crippen LogP contribution is -2.80. The maximum absolute atomic E-state index is 13.3. The maximum atomic E-state index is 13.3. The molecule has 0 aromatic heterocycles. The molecule has 1 saturated heterocycles. The number of nitrogens with one attached hydrogen (secondary N) is 1. The number of nitrogens with zero attached hydrogens (tertiary/aromatic N) is 1. The first-order chi connectivity index (χ1) is 15.3. The SMILES string of the molecule is CC[C@@]12C=CCN3CC[C@@]4(c5ccc(OC)cc5N[C@@H]4[C@](O)(C(=O)OC)[C@@H]1OC(C)=O)[C@@H]32. The van der Waals surface area contributed by atoms with Gasteiger partial charge in [0.25, 0.3) is 0 Å². The smallest absolute Gasteiger partial charge is 0.344 e. The molecule has 3 heterocycles. The van der Waals surface area contributed by atoms with Gasteiger partial charge in [-0.3, -0.25) is 9.69 Å². The number of hydrogen-bond donors (Lipinski definition) is 2. The number of carbonyl (C=O) groups excluding carboxylic acids is 2. The van der Waals surface area contributed by atoms with Crippen LogP contribution >= 0.6 is 0 Å². The topological polar surface area (TPSA) is 97.3 Å². The molecule has 4 aliphatic rings. The average Bonchev–Trinajstić information content (AvgIpc) is 3.35. The summed E-state index contributed by atoms with van der Waals surface area (Å²) in [5.74, 6) is -0.660. The molecule has 1 spiro atoms. The van der Waals surface area contributed by atoms with Crippen LogP contribution in [-0.4, -0.2) is 73.0 Å². The van der Waals surface area contributed by atoms with Crippen LogP contribution in [0.3, 0.4) is 0 Å². The van der Waals surface area contributed by atoms with Crippen LogP contribution in [0.2, 0.25) is 0 Å². The second-order valence-electron chi connectivity index (χ2n) is 9.35. The minimum Gasteiger partial charge on any atom is -0.497 e. The van der Waals surface area contributed by atoms with Crippen LogP contribution < -0.4 is 10.1 Å². The first-order valence-electron chi connectivity index (χ1n) is 11.1. The van der Waals surface area contributed by atoms with Crippen LogP contribution in [0.1, 0.15) is 32.3 Å². The molecule has 6 atom stereocenters. The third-order valence-electron chi connectivity index (χ3n) is 8.22. The van der Waals surface area contributed by atoms with Gasteiger partial charge in [0.15, 0.2) is 6.10 Å². The summed E-state index contributed by atoms with van der Waals surface area (Å²) in [6.07, 6.45) is 4.35. The van der Waals surface area contributed by atoms with Gasteiger partial charge in [-0.1, -0.05) is 25.1 Å². The van der Waals surface area contributed by atoms with E-state index in [0.29, 0.717) is 12.2 Å². The minimum atomic E-state index is -2.09. The van der Waals surface area contributed by atoms with Gasteiger partial charge >= 0.3 is 11.9 Å². The Morgan fingerprint density at radius 2 is 2.09 bits per heavy atom. The Labute approximate surface area is 187 Å². The number of methoxy groups -OCH3 is 2. The number of ether oxygens (including phenoxy) is 3. The van der Waals surface area contributed by atoms with Crippen LogP contribution in [-0.2, 0) is 24.5 Å². The lowest BCUT2D eigenvalue weighted by atomic mass is 9.48. The molecule has 0 unspecified atom stereocenters. The van der Waals surface area contributed by atoms with Gasteiger partial charge in [0, 0.05) is 42.1 Å². The van der Waals surface area contributed by atoms with E-state index in [-0.39, 0.29) is 6.04 Å². The standard InChI is InChI=1S/C24H30N2O6/c1-5-22-9-6-11-26-12-10-23(19(22)26)16-8-7-15(30-3)13-17(16)25-18(23)24(29,21(28)31-4)20(22)32-14(2)27/h6-9,13,18-20,25,29H,5,10-12H2,1-4H3/t18-,19-,20+,22-,23-,24+/m0/s1. The highest BCUT2D eigenvalue weighted by Gasteiger charge is 2.79. The highest BCUT2D eigenvalue weighted by molar-refractivity contribution is 5.86. The fraction of sp³-hybridized carbons (Fsp3) is 0.583. The predicted molar refractivity (Wildman–Crippen MR) is 116 cm³/mol. The molecular formula is C24H30N2O6. The Morgan fingerprint density at radius 3 is 2.75 bits per heavy atom. The molecule has 32 heavy (non-hydrogen) atoms. The van der Waals surface area contributed by atoms with Crippen molar-refractivity contribution < 1.29 is 28.9 Å². The minimum absolute atomic E-state index is 0.0635. The Bertz CT molecular complexity index is 1010. The summed E-state index contributed by atoms with van der Waals surface area (Å²) >= 11 is 0. The fourth-order valence-electron chi connectivity index (χ4n) is 7.18. The van der Waals surface area contributed by atoms with E-state index in [4.69, 9.17) is 14.2 Å².